The molecule has 1 aliphatic carbocycles. The lowest BCUT2D eigenvalue weighted by Gasteiger charge is -2.31. The molecular formula is C49H48F6N8O2. The molecule has 0 bridgehead atoms. The van der Waals surface area contributed by atoms with Gasteiger partial charge in [0.1, 0.15) is 23.7 Å². The molecule has 0 radical (unpaired) electrons. The summed E-state index contributed by atoms with van der Waals surface area (Å²) < 4.78 is 80.6. The van der Waals surface area contributed by atoms with Crippen LogP contribution >= 0.6 is 0 Å². The molecule has 2 amide bonds. The van der Waals surface area contributed by atoms with E-state index >= 15 is 0 Å². The lowest BCUT2D eigenvalue weighted by atomic mass is 10.0. The molecule has 2 saturated heterocycles. The molecule has 0 saturated carbocycles. The minimum Gasteiger partial charge on any atom is -0.340 e. The van der Waals surface area contributed by atoms with E-state index < -0.39 is 35.6 Å². The Morgan fingerprint density at radius 2 is 1.09 bits per heavy atom. The molecule has 4 aromatic carbocycles. The molecular weight excluding hydrogens is 847 g/mol. The normalized spacial score (nSPS) is 18.4. The molecule has 2 aliphatic heterocycles. The average molecular weight is 895 g/mol. The number of benzene rings is 4. The summed E-state index contributed by atoms with van der Waals surface area (Å²) in [5, 5.41) is 0. The number of carbonyl (C=O) groups excluding carboxylic acids is 2. The number of amides is 2. The highest BCUT2D eigenvalue weighted by molar-refractivity contribution is 5.85. The molecule has 16 heteroatoms. The first-order valence-corrected chi connectivity index (χ1v) is 21.6. The van der Waals surface area contributed by atoms with Crippen LogP contribution in [0.25, 0.3) is 33.6 Å². The Labute approximate surface area is 372 Å². The highest BCUT2D eigenvalue weighted by Gasteiger charge is 2.40. The van der Waals surface area contributed by atoms with Crippen LogP contribution in [0.3, 0.4) is 0 Å². The molecule has 2 unspecified atom stereocenters. The number of fused-ring (bicyclic) bond motifs is 3. The van der Waals surface area contributed by atoms with Crippen LogP contribution in [0, 0.1) is 0 Å². The van der Waals surface area contributed by atoms with Gasteiger partial charge in [-0.05, 0) is 141 Å². The highest BCUT2D eigenvalue weighted by Crippen LogP contribution is 2.42. The first-order chi connectivity index (χ1) is 31.0. The van der Waals surface area contributed by atoms with Crippen molar-refractivity contribution in [2.45, 2.75) is 68.6 Å². The Balaban J connectivity index is 0.890. The lowest BCUT2D eigenvalue weighted by Crippen LogP contribution is -2.40. The fourth-order valence-electron chi connectivity index (χ4n) is 9.86. The van der Waals surface area contributed by atoms with Gasteiger partial charge in [-0.1, -0.05) is 48.5 Å². The van der Waals surface area contributed by atoms with Gasteiger partial charge in [-0.3, -0.25) is 19.4 Å². The van der Waals surface area contributed by atoms with E-state index in [-0.39, 0.29) is 29.5 Å². The van der Waals surface area contributed by atoms with Crippen LogP contribution in [0.15, 0.2) is 97.3 Å². The predicted molar refractivity (Wildman–Crippen MR) is 233 cm³/mol. The van der Waals surface area contributed by atoms with Crippen molar-refractivity contribution in [2.24, 2.45) is 0 Å². The lowest BCUT2D eigenvalue weighted by molar-refractivity contribution is -0.139. The van der Waals surface area contributed by atoms with E-state index in [1.54, 1.807) is 66.3 Å². The molecule has 2 fully saturated rings. The number of nitrogens with one attached hydrogen (secondary N) is 2. The molecule has 2 N–H and O–H groups in total. The first-order valence-electron chi connectivity index (χ1n) is 21.6. The number of hydrogen-bond donors (Lipinski definition) is 2. The van der Waals surface area contributed by atoms with Gasteiger partial charge in [0, 0.05) is 13.1 Å². The smallest absolute Gasteiger partial charge is 0.340 e. The number of halogens is 6. The number of rotatable bonds is 10. The van der Waals surface area contributed by atoms with Crippen molar-refractivity contribution in [3.63, 3.8) is 0 Å². The van der Waals surface area contributed by atoms with Crippen molar-refractivity contribution >= 4 is 11.8 Å². The molecule has 10 nitrogen and oxygen atoms in total. The number of aromatic amines is 2. The maximum absolute atomic E-state index is 14.1. The summed E-state index contributed by atoms with van der Waals surface area (Å²) in [7, 11) is 6.86. The molecule has 3 aliphatic rings. The number of imidazole rings is 2. The van der Waals surface area contributed by atoms with E-state index in [4.69, 9.17) is 9.97 Å². The SMILES string of the molecule is CN(C)C(C(=O)N1CCC[C@@H]1c1ncc(-c2ccc3c(c2)Cc2cc(-c4cnc([C@H]5CCCN5C(=O)C(c5cccc(C(F)(F)F)c5)N(C)C)[nH]4)ccc2-3)[nH]1)c1ccc(C(F)(F)F)cc1. The number of likely N-dealkylation sites (tertiary alicyclic amines) is 2. The second-order valence-corrected chi connectivity index (χ2v) is 17.6. The fraction of sp³-hybridized carbons (Fsp3) is 0.347. The number of hydrogen-bond acceptors (Lipinski definition) is 6. The minimum atomic E-state index is -4.53. The topological polar surface area (TPSA) is 104 Å². The minimum absolute atomic E-state index is 0.197. The highest BCUT2D eigenvalue weighted by atomic mass is 19.4. The summed E-state index contributed by atoms with van der Waals surface area (Å²) >= 11 is 0. The summed E-state index contributed by atoms with van der Waals surface area (Å²) in [6.45, 7) is 0.970. The second-order valence-electron chi connectivity index (χ2n) is 17.6. The van der Waals surface area contributed by atoms with E-state index in [2.05, 4.69) is 34.2 Å². The van der Waals surface area contributed by atoms with Gasteiger partial charge >= 0.3 is 12.4 Å². The number of H-pyrrole nitrogens is 2. The van der Waals surface area contributed by atoms with E-state index in [9.17, 15) is 35.9 Å². The van der Waals surface area contributed by atoms with Crippen LogP contribution in [0.2, 0.25) is 0 Å². The van der Waals surface area contributed by atoms with Gasteiger partial charge in [-0.15, -0.1) is 0 Å². The van der Waals surface area contributed by atoms with Gasteiger partial charge < -0.3 is 19.8 Å². The van der Waals surface area contributed by atoms with E-state index in [0.717, 1.165) is 81.9 Å². The van der Waals surface area contributed by atoms with Crippen LogP contribution in [0.1, 0.15) is 94.9 Å². The zero-order valence-electron chi connectivity index (χ0n) is 36.3. The molecule has 4 heterocycles. The fourth-order valence-corrected chi connectivity index (χ4v) is 9.86. The monoisotopic (exact) mass is 894 g/mol. The Kier molecular flexibility index (Phi) is 11.5. The third-order valence-corrected chi connectivity index (χ3v) is 13.0. The van der Waals surface area contributed by atoms with Crippen molar-refractivity contribution in [3.05, 3.63) is 142 Å². The van der Waals surface area contributed by atoms with Gasteiger partial charge in [0.15, 0.2) is 0 Å². The van der Waals surface area contributed by atoms with Crippen molar-refractivity contribution in [2.75, 3.05) is 41.3 Å². The van der Waals surface area contributed by atoms with Crippen molar-refractivity contribution in [1.29, 1.82) is 0 Å². The number of nitrogens with zero attached hydrogens (tertiary/aromatic N) is 6. The van der Waals surface area contributed by atoms with Crippen LogP contribution < -0.4 is 0 Å². The van der Waals surface area contributed by atoms with Crippen LogP contribution in [0.4, 0.5) is 26.3 Å². The van der Waals surface area contributed by atoms with Crippen LogP contribution in [0.5, 0.6) is 0 Å². The van der Waals surface area contributed by atoms with Crippen molar-refractivity contribution < 1.29 is 35.9 Å². The molecule has 6 aromatic rings. The quantitative estimate of drug-likeness (QED) is 0.133. The molecule has 9 rings (SSSR count). The Morgan fingerprint density at radius 3 is 1.55 bits per heavy atom. The summed E-state index contributed by atoms with van der Waals surface area (Å²) in [5.74, 6) is 0.805. The van der Waals surface area contributed by atoms with Gasteiger partial charge in [0.2, 0.25) is 11.8 Å². The Bertz CT molecular complexity index is 2740. The molecule has 338 valence electrons. The second kappa shape index (κ2) is 16.9. The summed E-state index contributed by atoms with van der Waals surface area (Å²) in [4.78, 5) is 51.4. The molecule has 4 atom stereocenters. The summed E-state index contributed by atoms with van der Waals surface area (Å²) in [6.07, 6.45) is -1.90. The van der Waals surface area contributed by atoms with Gasteiger partial charge in [-0.25, -0.2) is 9.97 Å². The number of alkyl halides is 6. The van der Waals surface area contributed by atoms with Crippen LogP contribution in [-0.2, 0) is 28.4 Å². The third kappa shape index (κ3) is 8.45. The molecule has 2 aromatic heterocycles. The summed E-state index contributed by atoms with van der Waals surface area (Å²) in [5.41, 5.74) is 7.23. The van der Waals surface area contributed by atoms with Crippen molar-refractivity contribution in [1.82, 2.24) is 39.5 Å². The largest absolute Gasteiger partial charge is 0.416 e. The van der Waals surface area contributed by atoms with E-state index in [1.807, 2.05) is 12.1 Å². The van der Waals surface area contributed by atoms with Crippen LogP contribution in [-0.4, -0.2) is 92.6 Å². The zero-order valence-corrected chi connectivity index (χ0v) is 36.3. The Hall–Kier alpha value is -6.26. The van der Waals surface area contributed by atoms with Gasteiger partial charge in [0.05, 0.1) is 47.0 Å². The van der Waals surface area contributed by atoms with Gasteiger partial charge in [0.25, 0.3) is 0 Å². The maximum Gasteiger partial charge on any atom is 0.416 e. The zero-order chi connectivity index (χ0) is 45.9. The number of aromatic nitrogens is 4. The third-order valence-electron chi connectivity index (χ3n) is 13.0. The summed E-state index contributed by atoms with van der Waals surface area (Å²) in [6, 6.07) is 20.0. The predicted octanol–water partition coefficient (Wildman–Crippen LogP) is 10.0. The Morgan fingerprint density at radius 1 is 0.615 bits per heavy atom. The molecule has 65 heavy (non-hydrogen) atoms. The number of likely N-dealkylation sites (N-methyl/N-ethyl adjacent to an activating group) is 2. The van der Waals surface area contributed by atoms with Crippen molar-refractivity contribution in [3.8, 4) is 33.6 Å². The van der Waals surface area contributed by atoms with Gasteiger partial charge in [-0.2, -0.15) is 26.3 Å². The van der Waals surface area contributed by atoms with E-state index in [1.165, 1.54) is 18.2 Å². The number of carbonyl (C=O) groups is 2. The molecule has 0 spiro atoms. The van der Waals surface area contributed by atoms with E-state index in [0.29, 0.717) is 49.6 Å². The average Bonchev–Trinajstić information content (AvgIpc) is 4.12. The standard InChI is InChI=1S/C49H48F6N8O2/c1-60(2)42(28-12-16-34(17-13-28)48(50,51)52)46(64)62-20-6-10-40(62)44-56-26-38(58-44)29-14-18-36-32(22-29)24-33-23-30(15-19-37(33)36)39-27-57-45(59-39)41-11-7-21-63(41)47(65)43(61(3)4)31-8-5-9-35(25-31)49(53,54)55/h5,8-9,12-19,22-23,25-27,40-43H,6-7,10-11,20-21,24H2,1-4H3,(H,56,58)(H,57,59)/t40-,41-,42?,43?/m1/s1. The first kappa shape index (κ1) is 44.0. The maximum atomic E-state index is 14.1.